The first-order chi connectivity index (χ1) is 8.54. The van der Waals surface area contributed by atoms with Gasteiger partial charge in [-0.1, -0.05) is 26.0 Å². The molecule has 0 saturated carbocycles. The average Bonchev–Trinajstić information content (AvgIpc) is 2.36. The Balaban J connectivity index is 2.61. The number of carbonyl (C=O) groups excluding carboxylic acids is 1. The van der Waals surface area contributed by atoms with Crippen LogP contribution in [0.4, 0.5) is 0 Å². The molecule has 3 heteroatoms. The van der Waals surface area contributed by atoms with Crippen LogP contribution < -0.4 is 5.73 Å². The second-order valence-electron chi connectivity index (χ2n) is 4.92. The molecule has 2 N–H and O–H groups in total. The van der Waals surface area contributed by atoms with Crippen LogP contribution in [0.25, 0.3) is 0 Å². The number of benzene rings is 1. The van der Waals surface area contributed by atoms with E-state index in [9.17, 15) is 4.79 Å². The lowest BCUT2D eigenvalue weighted by Crippen LogP contribution is -2.12. The molecule has 0 heterocycles. The number of ether oxygens (including phenoxy) is 1. The number of carbonyl (C=O) groups is 1. The molecule has 0 aliphatic heterocycles. The Morgan fingerprint density at radius 3 is 2.33 bits per heavy atom. The lowest BCUT2D eigenvalue weighted by atomic mass is 9.98. The molecule has 100 valence electrons. The van der Waals surface area contributed by atoms with Crippen LogP contribution >= 0.6 is 0 Å². The summed E-state index contributed by atoms with van der Waals surface area (Å²) in [6, 6.07) is 7.43. The smallest absolute Gasteiger partial charge is 0.338 e. The van der Waals surface area contributed by atoms with E-state index in [1.807, 2.05) is 12.1 Å². The van der Waals surface area contributed by atoms with E-state index in [1.165, 1.54) is 0 Å². The van der Waals surface area contributed by atoms with Crippen molar-refractivity contribution in [1.29, 1.82) is 0 Å². The monoisotopic (exact) mass is 249 g/mol. The molecule has 1 aromatic rings. The van der Waals surface area contributed by atoms with E-state index in [0.717, 1.165) is 18.4 Å². The summed E-state index contributed by atoms with van der Waals surface area (Å²) in [5, 5.41) is 0. The van der Waals surface area contributed by atoms with Crippen LogP contribution in [0, 0.1) is 5.92 Å². The molecule has 0 radical (unpaired) electrons. The van der Waals surface area contributed by atoms with Gasteiger partial charge in [-0.3, -0.25) is 0 Å². The number of esters is 1. The fraction of sp³-hybridized carbons (Fsp3) is 0.533. The van der Waals surface area contributed by atoms with Crippen molar-refractivity contribution in [2.45, 2.75) is 39.7 Å². The Morgan fingerprint density at radius 1 is 1.22 bits per heavy atom. The van der Waals surface area contributed by atoms with Crippen LogP contribution in [0.3, 0.4) is 0 Å². The fourth-order valence-corrected chi connectivity index (χ4v) is 1.76. The predicted octanol–water partition coefficient (Wildman–Crippen LogP) is 3.30. The summed E-state index contributed by atoms with van der Waals surface area (Å²) < 4.78 is 4.94. The van der Waals surface area contributed by atoms with Gasteiger partial charge in [0.15, 0.2) is 0 Å². The van der Waals surface area contributed by atoms with E-state index in [4.69, 9.17) is 10.5 Å². The number of hydrogen-bond donors (Lipinski definition) is 1. The van der Waals surface area contributed by atoms with Crippen LogP contribution in [-0.4, -0.2) is 12.6 Å². The van der Waals surface area contributed by atoms with Crippen molar-refractivity contribution in [3.63, 3.8) is 0 Å². The molecule has 0 spiro atoms. The molecular formula is C15H23NO2. The third kappa shape index (κ3) is 4.49. The molecule has 1 unspecified atom stereocenters. The van der Waals surface area contributed by atoms with Gasteiger partial charge >= 0.3 is 5.97 Å². The van der Waals surface area contributed by atoms with Gasteiger partial charge in [0.2, 0.25) is 0 Å². The van der Waals surface area contributed by atoms with Crippen LogP contribution in [0.15, 0.2) is 24.3 Å². The Labute approximate surface area is 109 Å². The van der Waals surface area contributed by atoms with Crippen LogP contribution in [0.5, 0.6) is 0 Å². The van der Waals surface area contributed by atoms with E-state index < -0.39 is 0 Å². The van der Waals surface area contributed by atoms with Crippen LogP contribution in [0.2, 0.25) is 0 Å². The molecule has 0 aromatic heterocycles. The standard InChI is InChI=1S/C15H23NO2/c1-4-18-15(17)13-8-6-12(7-9-13)14(16)10-5-11(2)3/h6-9,11,14H,4-5,10,16H2,1-3H3. The Hall–Kier alpha value is -1.35. The zero-order chi connectivity index (χ0) is 13.5. The van der Waals surface area contributed by atoms with Crippen LogP contribution in [-0.2, 0) is 4.74 Å². The Kier molecular flexibility index (Phi) is 5.86. The van der Waals surface area contributed by atoms with Crippen molar-refractivity contribution in [3.05, 3.63) is 35.4 Å². The van der Waals surface area contributed by atoms with Crippen molar-refractivity contribution in [2.24, 2.45) is 11.7 Å². The number of nitrogens with two attached hydrogens (primary N) is 1. The maximum atomic E-state index is 11.5. The zero-order valence-electron chi connectivity index (χ0n) is 11.5. The van der Waals surface area contributed by atoms with E-state index in [1.54, 1.807) is 19.1 Å². The SMILES string of the molecule is CCOC(=O)c1ccc(C(N)CCC(C)C)cc1. The summed E-state index contributed by atoms with van der Waals surface area (Å²) in [7, 11) is 0. The largest absolute Gasteiger partial charge is 0.462 e. The first-order valence-corrected chi connectivity index (χ1v) is 6.57. The minimum Gasteiger partial charge on any atom is -0.462 e. The quantitative estimate of drug-likeness (QED) is 0.787. The van der Waals surface area contributed by atoms with Gasteiger partial charge in [0.05, 0.1) is 12.2 Å². The van der Waals surface area contributed by atoms with Crippen LogP contribution in [0.1, 0.15) is 55.6 Å². The van der Waals surface area contributed by atoms with Gasteiger partial charge in [0, 0.05) is 6.04 Å². The number of hydrogen-bond acceptors (Lipinski definition) is 3. The lowest BCUT2D eigenvalue weighted by Gasteiger charge is -2.13. The molecule has 3 nitrogen and oxygen atoms in total. The normalized spacial score (nSPS) is 12.5. The summed E-state index contributed by atoms with van der Waals surface area (Å²) in [6.45, 7) is 6.58. The fourth-order valence-electron chi connectivity index (χ4n) is 1.76. The van der Waals surface area contributed by atoms with Gasteiger partial charge < -0.3 is 10.5 Å². The van der Waals surface area contributed by atoms with E-state index >= 15 is 0 Å². The van der Waals surface area contributed by atoms with E-state index in [-0.39, 0.29) is 12.0 Å². The topological polar surface area (TPSA) is 52.3 Å². The highest BCUT2D eigenvalue weighted by Crippen LogP contribution is 2.19. The average molecular weight is 249 g/mol. The molecule has 0 fully saturated rings. The third-order valence-electron chi connectivity index (χ3n) is 2.90. The molecule has 1 atom stereocenters. The van der Waals surface area contributed by atoms with Crippen molar-refractivity contribution in [2.75, 3.05) is 6.61 Å². The van der Waals surface area contributed by atoms with Gasteiger partial charge in [-0.05, 0) is 43.4 Å². The Morgan fingerprint density at radius 2 is 1.83 bits per heavy atom. The molecule has 0 aliphatic carbocycles. The Bertz CT molecular complexity index is 371. The van der Waals surface area contributed by atoms with Gasteiger partial charge in [-0.25, -0.2) is 4.79 Å². The first-order valence-electron chi connectivity index (χ1n) is 6.57. The van der Waals surface area contributed by atoms with E-state index in [2.05, 4.69) is 13.8 Å². The second kappa shape index (κ2) is 7.17. The summed E-state index contributed by atoms with van der Waals surface area (Å²) in [6.07, 6.45) is 2.08. The summed E-state index contributed by atoms with van der Waals surface area (Å²) >= 11 is 0. The molecule has 0 amide bonds. The molecule has 0 aliphatic rings. The van der Waals surface area contributed by atoms with Gasteiger partial charge in [0.1, 0.15) is 0 Å². The van der Waals surface area contributed by atoms with Gasteiger partial charge in [-0.2, -0.15) is 0 Å². The highest BCUT2D eigenvalue weighted by atomic mass is 16.5. The number of rotatable bonds is 6. The highest BCUT2D eigenvalue weighted by Gasteiger charge is 2.09. The summed E-state index contributed by atoms with van der Waals surface area (Å²) in [5.74, 6) is 0.384. The van der Waals surface area contributed by atoms with Crippen molar-refractivity contribution in [1.82, 2.24) is 0 Å². The maximum Gasteiger partial charge on any atom is 0.338 e. The molecule has 0 bridgehead atoms. The van der Waals surface area contributed by atoms with Crippen molar-refractivity contribution < 1.29 is 9.53 Å². The van der Waals surface area contributed by atoms with Gasteiger partial charge in [0.25, 0.3) is 0 Å². The van der Waals surface area contributed by atoms with Gasteiger partial charge in [-0.15, -0.1) is 0 Å². The third-order valence-corrected chi connectivity index (χ3v) is 2.90. The molecule has 1 rings (SSSR count). The summed E-state index contributed by atoms with van der Waals surface area (Å²) in [5.41, 5.74) is 7.77. The van der Waals surface area contributed by atoms with Crippen molar-refractivity contribution >= 4 is 5.97 Å². The highest BCUT2D eigenvalue weighted by molar-refractivity contribution is 5.89. The summed E-state index contributed by atoms with van der Waals surface area (Å²) in [4.78, 5) is 11.5. The molecule has 0 saturated heterocycles. The molecule has 1 aromatic carbocycles. The lowest BCUT2D eigenvalue weighted by molar-refractivity contribution is 0.0526. The first kappa shape index (κ1) is 14.7. The zero-order valence-corrected chi connectivity index (χ0v) is 11.5. The maximum absolute atomic E-state index is 11.5. The van der Waals surface area contributed by atoms with E-state index in [0.29, 0.717) is 18.1 Å². The molecular weight excluding hydrogens is 226 g/mol. The van der Waals surface area contributed by atoms with Crippen molar-refractivity contribution in [3.8, 4) is 0 Å². The predicted molar refractivity (Wildman–Crippen MR) is 73.4 cm³/mol. The molecule has 18 heavy (non-hydrogen) atoms. The minimum atomic E-state index is -0.278. The minimum absolute atomic E-state index is 0.0450. The second-order valence-corrected chi connectivity index (χ2v) is 4.92.